The fraction of sp³-hybridized carbons (Fsp3) is 0.375. The molecule has 100 valence electrons. The molecule has 19 heavy (non-hydrogen) atoms. The lowest BCUT2D eigenvalue weighted by Crippen LogP contribution is -2.42. The van der Waals surface area contributed by atoms with Gasteiger partial charge in [0.05, 0.1) is 12.3 Å². The summed E-state index contributed by atoms with van der Waals surface area (Å²) in [4.78, 5) is 2.42. The van der Waals surface area contributed by atoms with Crippen LogP contribution >= 0.6 is 0 Å². The van der Waals surface area contributed by atoms with Gasteiger partial charge in [-0.3, -0.25) is 4.90 Å². The van der Waals surface area contributed by atoms with E-state index in [4.69, 9.17) is 10.2 Å². The van der Waals surface area contributed by atoms with Gasteiger partial charge in [-0.25, -0.2) is 0 Å². The van der Waals surface area contributed by atoms with Crippen LogP contribution in [-0.4, -0.2) is 17.5 Å². The van der Waals surface area contributed by atoms with Crippen molar-refractivity contribution < 1.29 is 4.42 Å². The molecule has 0 amide bonds. The summed E-state index contributed by atoms with van der Waals surface area (Å²) in [5.41, 5.74) is 9.05. The van der Waals surface area contributed by atoms with E-state index in [9.17, 15) is 0 Å². The molecule has 0 fully saturated rings. The van der Waals surface area contributed by atoms with Crippen molar-refractivity contribution in [2.75, 3.05) is 6.54 Å². The van der Waals surface area contributed by atoms with Gasteiger partial charge >= 0.3 is 0 Å². The zero-order chi connectivity index (χ0) is 13.2. The third kappa shape index (κ3) is 2.44. The first-order valence-corrected chi connectivity index (χ1v) is 6.85. The van der Waals surface area contributed by atoms with Gasteiger partial charge in [-0.15, -0.1) is 0 Å². The second-order valence-electron chi connectivity index (χ2n) is 5.31. The van der Waals surface area contributed by atoms with E-state index >= 15 is 0 Å². The van der Waals surface area contributed by atoms with Crippen LogP contribution in [0.5, 0.6) is 0 Å². The molecule has 1 aliphatic heterocycles. The second-order valence-corrected chi connectivity index (χ2v) is 5.31. The Kier molecular flexibility index (Phi) is 3.40. The fourth-order valence-electron chi connectivity index (χ4n) is 2.99. The molecule has 2 atom stereocenters. The Morgan fingerprint density at radius 2 is 1.95 bits per heavy atom. The molecule has 2 unspecified atom stereocenters. The SMILES string of the molecule is CC(N)C(c1ccco1)N1CCc2ccccc2C1. The van der Waals surface area contributed by atoms with Crippen LogP contribution in [0, 0.1) is 0 Å². The van der Waals surface area contributed by atoms with Crippen molar-refractivity contribution in [3.8, 4) is 0 Å². The van der Waals surface area contributed by atoms with Crippen LogP contribution in [0.2, 0.25) is 0 Å². The fourth-order valence-corrected chi connectivity index (χ4v) is 2.99. The standard InChI is InChI=1S/C16H20N2O/c1-12(17)16(15-7-4-10-19-15)18-9-8-13-5-2-3-6-14(13)11-18/h2-7,10,12,16H,8-9,11,17H2,1H3. The zero-order valence-electron chi connectivity index (χ0n) is 11.3. The number of nitrogens with two attached hydrogens (primary N) is 1. The van der Waals surface area contributed by atoms with Gasteiger partial charge in [-0.1, -0.05) is 24.3 Å². The molecule has 0 radical (unpaired) electrons. The predicted molar refractivity (Wildman–Crippen MR) is 75.7 cm³/mol. The largest absolute Gasteiger partial charge is 0.468 e. The van der Waals surface area contributed by atoms with E-state index in [1.165, 1.54) is 11.1 Å². The van der Waals surface area contributed by atoms with Crippen molar-refractivity contribution in [2.45, 2.75) is 32.0 Å². The van der Waals surface area contributed by atoms with Gasteiger partial charge in [0, 0.05) is 19.1 Å². The maximum absolute atomic E-state index is 6.18. The average Bonchev–Trinajstić information content (AvgIpc) is 2.92. The third-order valence-electron chi connectivity index (χ3n) is 3.89. The van der Waals surface area contributed by atoms with E-state index in [2.05, 4.69) is 29.2 Å². The Labute approximate surface area is 114 Å². The van der Waals surface area contributed by atoms with Gasteiger partial charge in [0.2, 0.25) is 0 Å². The van der Waals surface area contributed by atoms with Gasteiger partial charge in [0.15, 0.2) is 0 Å². The molecular formula is C16H20N2O. The summed E-state index contributed by atoms with van der Waals surface area (Å²) in [6, 6.07) is 12.8. The maximum atomic E-state index is 6.18. The van der Waals surface area contributed by atoms with E-state index in [1.54, 1.807) is 6.26 Å². The molecule has 1 aromatic heterocycles. The van der Waals surface area contributed by atoms with Crippen molar-refractivity contribution in [3.63, 3.8) is 0 Å². The van der Waals surface area contributed by atoms with Gasteiger partial charge in [0.25, 0.3) is 0 Å². The van der Waals surface area contributed by atoms with E-state index in [1.807, 2.05) is 19.1 Å². The van der Waals surface area contributed by atoms with Crippen molar-refractivity contribution >= 4 is 0 Å². The molecule has 0 saturated heterocycles. The molecular weight excluding hydrogens is 236 g/mol. The molecule has 0 spiro atoms. The normalized spacial score (nSPS) is 18.8. The molecule has 2 aromatic rings. The summed E-state index contributed by atoms with van der Waals surface area (Å²) in [6.45, 7) is 4.03. The first-order valence-electron chi connectivity index (χ1n) is 6.85. The van der Waals surface area contributed by atoms with E-state index < -0.39 is 0 Å². The highest BCUT2D eigenvalue weighted by Crippen LogP contribution is 2.29. The summed E-state index contributed by atoms with van der Waals surface area (Å²) in [6.07, 6.45) is 2.81. The maximum Gasteiger partial charge on any atom is 0.122 e. The first kappa shape index (κ1) is 12.5. The van der Waals surface area contributed by atoms with Crippen LogP contribution in [0.4, 0.5) is 0 Å². The molecule has 3 heteroatoms. The van der Waals surface area contributed by atoms with Crippen LogP contribution in [0.25, 0.3) is 0 Å². The summed E-state index contributed by atoms with van der Waals surface area (Å²) >= 11 is 0. The van der Waals surface area contributed by atoms with Crippen molar-refractivity contribution in [3.05, 3.63) is 59.5 Å². The molecule has 3 nitrogen and oxygen atoms in total. The summed E-state index contributed by atoms with van der Waals surface area (Å²) < 4.78 is 5.58. The quantitative estimate of drug-likeness (QED) is 0.918. The monoisotopic (exact) mass is 256 g/mol. The highest BCUT2D eigenvalue weighted by Gasteiger charge is 2.29. The molecule has 3 rings (SSSR count). The number of hydrogen-bond donors (Lipinski definition) is 1. The van der Waals surface area contributed by atoms with Gasteiger partial charge in [-0.2, -0.15) is 0 Å². The topological polar surface area (TPSA) is 42.4 Å². The molecule has 0 aliphatic carbocycles. The Morgan fingerprint density at radius 1 is 1.16 bits per heavy atom. The van der Waals surface area contributed by atoms with Gasteiger partial charge in [0.1, 0.15) is 5.76 Å². The lowest BCUT2D eigenvalue weighted by Gasteiger charge is -2.36. The summed E-state index contributed by atoms with van der Waals surface area (Å²) in [5.74, 6) is 0.967. The zero-order valence-corrected chi connectivity index (χ0v) is 11.3. The minimum atomic E-state index is 0.0522. The third-order valence-corrected chi connectivity index (χ3v) is 3.89. The Hall–Kier alpha value is -1.58. The van der Waals surface area contributed by atoms with Crippen molar-refractivity contribution in [2.24, 2.45) is 5.73 Å². The lowest BCUT2D eigenvalue weighted by atomic mass is 9.96. The minimum Gasteiger partial charge on any atom is -0.468 e. The predicted octanol–water partition coefficient (Wildman–Crippen LogP) is 2.73. The molecule has 2 heterocycles. The van der Waals surface area contributed by atoms with Gasteiger partial charge in [-0.05, 0) is 36.6 Å². The van der Waals surface area contributed by atoms with E-state index in [-0.39, 0.29) is 12.1 Å². The number of nitrogens with zero attached hydrogens (tertiary/aromatic N) is 1. The number of hydrogen-bond acceptors (Lipinski definition) is 3. The molecule has 0 saturated carbocycles. The number of rotatable bonds is 3. The second kappa shape index (κ2) is 5.19. The molecule has 1 aliphatic rings. The Bertz CT molecular complexity index is 533. The Morgan fingerprint density at radius 3 is 2.63 bits per heavy atom. The molecule has 1 aromatic carbocycles. The lowest BCUT2D eigenvalue weighted by molar-refractivity contribution is 0.139. The Balaban J connectivity index is 1.86. The summed E-state index contributed by atoms with van der Waals surface area (Å²) in [5, 5.41) is 0. The first-order chi connectivity index (χ1) is 9.25. The molecule has 0 bridgehead atoms. The van der Waals surface area contributed by atoms with Crippen molar-refractivity contribution in [1.29, 1.82) is 0 Å². The van der Waals surface area contributed by atoms with E-state index in [0.717, 1.165) is 25.3 Å². The molecule has 2 N–H and O–H groups in total. The summed E-state index contributed by atoms with van der Waals surface area (Å²) in [7, 11) is 0. The van der Waals surface area contributed by atoms with Crippen molar-refractivity contribution in [1.82, 2.24) is 4.90 Å². The van der Waals surface area contributed by atoms with Crippen LogP contribution in [0.3, 0.4) is 0 Å². The highest BCUT2D eigenvalue weighted by atomic mass is 16.3. The average molecular weight is 256 g/mol. The van der Waals surface area contributed by atoms with E-state index in [0.29, 0.717) is 0 Å². The highest BCUT2D eigenvalue weighted by molar-refractivity contribution is 5.29. The van der Waals surface area contributed by atoms with Gasteiger partial charge < -0.3 is 10.2 Å². The van der Waals surface area contributed by atoms with Crippen LogP contribution in [0.15, 0.2) is 47.1 Å². The number of fused-ring (bicyclic) bond motifs is 1. The minimum absolute atomic E-state index is 0.0522. The number of benzene rings is 1. The van der Waals surface area contributed by atoms with Crippen LogP contribution in [-0.2, 0) is 13.0 Å². The van der Waals surface area contributed by atoms with Crippen LogP contribution < -0.4 is 5.73 Å². The van der Waals surface area contributed by atoms with Crippen LogP contribution in [0.1, 0.15) is 29.9 Å². The smallest absolute Gasteiger partial charge is 0.122 e. The number of furan rings is 1.